The predicted octanol–water partition coefficient (Wildman–Crippen LogP) is 4.60. The quantitative estimate of drug-likeness (QED) is 0.874. The van der Waals surface area contributed by atoms with Crippen LogP contribution in [0.25, 0.3) is 0 Å². The molecule has 5 heteroatoms. The molecule has 1 aromatic heterocycles. The van der Waals surface area contributed by atoms with Crippen molar-refractivity contribution in [2.75, 3.05) is 11.5 Å². The van der Waals surface area contributed by atoms with E-state index in [0.717, 1.165) is 14.2 Å². The zero-order valence-corrected chi connectivity index (χ0v) is 12.3. The molecule has 1 nitrogen and oxygen atoms in total. The molecule has 0 amide bonds. The summed E-state index contributed by atoms with van der Waals surface area (Å²) in [5, 5.41) is 3.64. The lowest BCUT2D eigenvalue weighted by Gasteiger charge is -2.26. The van der Waals surface area contributed by atoms with Crippen LogP contribution in [0.15, 0.2) is 6.07 Å². The lowest BCUT2D eigenvalue weighted by molar-refractivity contribution is 0.432. The lowest BCUT2D eigenvalue weighted by Crippen LogP contribution is -2.34. The first-order valence-electron chi connectivity index (χ1n) is 5.45. The molecule has 1 N–H and O–H groups in total. The molecule has 0 radical (unpaired) electrons. The summed E-state index contributed by atoms with van der Waals surface area (Å²) in [6, 6.07) is 2.90. The smallest absolute Gasteiger partial charge is 0.0991 e. The fourth-order valence-corrected chi connectivity index (χ4v) is 4.71. The maximum Gasteiger partial charge on any atom is 0.0991 e. The van der Waals surface area contributed by atoms with Gasteiger partial charge in [-0.25, -0.2) is 0 Å². The molecule has 1 aliphatic rings. The van der Waals surface area contributed by atoms with Gasteiger partial charge in [0.25, 0.3) is 0 Å². The second-order valence-electron chi connectivity index (χ2n) is 4.05. The molecule has 0 bridgehead atoms. The third-order valence-corrected chi connectivity index (χ3v) is 5.42. The highest BCUT2D eigenvalue weighted by Gasteiger charge is 2.19. The zero-order chi connectivity index (χ0) is 11.5. The first-order valence-corrected chi connectivity index (χ1v) is 8.18. The summed E-state index contributed by atoms with van der Waals surface area (Å²) < 4.78 is 1.59. The van der Waals surface area contributed by atoms with Crippen LogP contribution >= 0.6 is 46.3 Å². The van der Waals surface area contributed by atoms with Gasteiger partial charge < -0.3 is 5.32 Å². The molecule has 2 heterocycles. The Bertz CT molecular complexity index is 348. The Morgan fingerprint density at radius 1 is 1.38 bits per heavy atom. The highest BCUT2D eigenvalue weighted by atomic mass is 35.5. The number of rotatable bonds is 3. The van der Waals surface area contributed by atoms with E-state index in [2.05, 4.69) is 12.2 Å². The molecule has 0 aliphatic carbocycles. The van der Waals surface area contributed by atoms with E-state index >= 15 is 0 Å². The first kappa shape index (κ1) is 13.0. The molecule has 0 spiro atoms. The van der Waals surface area contributed by atoms with Crippen LogP contribution in [-0.2, 0) is 0 Å². The van der Waals surface area contributed by atoms with Crippen LogP contribution in [0.1, 0.15) is 31.4 Å². The number of thioether (sulfide) groups is 1. The van der Waals surface area contributed by atoms with Gasteiger partial charge in [-0.2, -0.15) is 11.8 Å². The second-order valence-corrected chi connectivity index (χ2v) is 7.56. The van der Waals surface area contributed by atoms with Gasteiger partial charge in [0.2, 0.25) is 0 Å². The van der Waals surface area contributed by atoms with E-state index < -0.39 is 0 Å². The lowest BCUT2D eigenvalue weighted by atomic mass is 10.1. The van der Waals surface area contributed by atoms with E-state index in [0.29, 0.717) is 12.1 Å². The highest BCUT2D eigenvalue weighted by molar-refractivity contribution is 7.99. The number of hydrogen-bond donors (Lipinski definition) is 1. The van der Waals surface area contributed by atoms with Crippen LogP contribution in [0.5, 0.6) is 0 Å². The average Bonchev–Trinajstić information content (AvgIpc) is 2.59. The van der Waals surface area contributed by atoms with E-state index in [-0.39, 0.29) is 0 Å². The Balaban J connectivity index is 1.96. The predicted molar refractivity (Wildman–Crippen MR) is 76.2 cm³/mol. The van der Waals surface area contributed by atoms with Crippen molar-refractivity contribution in [1.82, 2.24) is 5.32 Å². The normalized spacial score (nSPS) is 19.9. The summed E-state index contributed by atoms with van der Waals surface area (Å²) in [7, 11) is 0. The zero-order valence-electron chi connectivity index (χ0n) is 9.13. The summed E-state index contributed by atoms with van der Waals surface area (Å²) in [5.74, 6) is 2.53. The molecular weight excluding hydrogens is 281 g/mol. The van der Waals surface area contributed by atoms with Gasteiger partial charge in [-0.05, 0) is 42.9 Å². The summed E-state index contributed by atoms with van der Waals surface area (Å²) in [5.41, 5.74) is 1.13. The van der Waals surface area contributed by atoms with Crippen LogP contribution in [-0.4, -0.2) is 17.5 Å². The van der Waals surface area contributed by atoms with Crippen molar-refractivity contribution >= 4 is 46.3 Å². The minimum Gasteiger partial charge on any atom is -0.307 e. The average molecular weight is 296 g/mol. The van der Waals surface area contributed by atoms with E-state index in [9.17, 15) is 0 Å². The Morgan fingerprint density at radius 2 is 2.06 bits per heavy atom. The fraction of sp³-hybridized carbons (Fsp3) is 0.636. The van der Waals surface area contributed by atoms with Gasteiger partial charge in [-0.3, -0.25) is 0 Å². The first-order chi connectivity index (χ1) is 7.66. The van der Waals surface area contributed by atoms with Crippen molar-refractivity contribution in [3.05, 3.63) is 20.3 Å². The molecule has 1 aliphatic heterocycles. The van der Waals surface area contributed by atoms with E-state index in [1.807, 2.05) is 17.8 Å². The largest absolute Gasteiger partial charge is 0.307 e. The maximum absolute atomic E-state index is 6.15. The van der Waals surface area contributed by atoms with Crippen molar-refractivity contribution in [1.29, 1.82) is 0 Å². The van der Waals surface area contributed by atoms with Gasteiger partial charge in [0.15, 0.2) is 0 Å². The number of halogens is 2. The third-order valence-electron chi connectivity index (χ3n) is 2.86. The minimum atomic E-state index is 0.296. The van der Waals surface area contributed by atoms with E-state index in [1.54, 1.807) is 0 Å². The number of thiophene rings is 1. The molecule has 0 saturated carbocycles. The van der Waals surface area contributed by atoms with Crippen LogP contribution < -0.4 is 5.32 Å². The van der Waals surface area contributed by atoms with Crippen molar-refractivity contribution in [2.24, 2.45) is 0 Å². The number of nitrogens with one attached hydrogen (secondary N) is 1. The molecule has 0 aromatic carbocycles. The summed E-state index contributed by atoms with van der Waals surface area (Å²) in [4.78, 5) is 0. The topological polar surface area (TPSA) is 12.0 Å². The van der Waals surface area contributed by atoms with Crippen molar-refractivity contribution in [2.45, 2.75) is 31.8 Å². The Hall–Kier alpha value is 0.590. The minimum absolute atomic E-state index is 0.296. The van der Waals surface area contributed by atoms with Gasteiger partial charge >= 0.3 is 0 Å². The van der Waals surface area contributed by atoms with Gasteiger partial charge in [-0.15, -0.1) is 11.3 Å². The molecular formula is C11H15Cl2NS2. The summed E-state index contributed by atoms with van der Waals surface area (Å²) in [6.45, 7) is 2.16. The van der Waals surface area contributed by atoms with Crippen LogP contribution in [0.3, 0.4) is 0 Å². The maximum atomic E-state index is 6.15. The Labute approximate surface area is 115 Å². The summed E-state index contributed by atoms with van der Waals surface area (Å²) >= 11 is 15.6. The SMILES string of the molecule is CC(NC1CCSCC1)c1cc(Cl)sc1Cl. The standard InChI is InChI=1S/C11H15Cl2NS2/c1-7(9-6-10(12)16-11(9)13)14-8-2-4-15-5-3-8/h6-8,14H,2-5H2,1H3. The van der Waals surface area contributed by atoms with E-state index in [4.69, 9.17) is 23.2 Å². The van der Waals surface area contributed by atoms with Crippen molar-refractivity contribution in [3.8, 4) is 0 Å². The molecule has 1 unspecified atom stereocenters. The second kappa shape index (κ2) is 5.96. The van der Waals surface area contributed by atoms with Crippen LogP contribution in [0, 0.1) is 0 Å². The van der Waals surface area contributed by atoms with Crippen molar-refractivity contribution in [3.63, 3.8) is 0 Å². The third kappa shape index (κ3) is 3.30. The molecule has 90 valence electrons. The van der Waals surface area contributed by atoms with Gasteiger partial charge in [0.05, 0.1) is 8.67 Å². The van der Waals surface area contributed by atoms with E-state index in [1.165, 1.54) is 35.7 Å². The Morgan fingerprint density at radius 3 is 2.62 bits per heavy atom. The van der Waals surface area contributed by atoms with Gasteiger partial charge in [-0.1, -0.05) is 23.2 Å². The molecule has 2 rings (SSSR count). The van der Waals surface area contributed by atoms with Gasteiger partial charge in [0.1, 0.15) is 0 Å². The monoisotopic (exact) mass is 295 g/mol. The molecule has 1 fully saturated rings. The van der Waals surface area contributed by atoms with Gasteiger partial charge in [0, 0.05) is 12.1 Å². The fourth-order valence-electron chi connectivity index (χ4n) is 1.96. The summed E-state index contributed by atoms with van der Waals surface area (Å²) in [6.07, 6.45) is 2.51. The van der Waals surface area contributed by atoms with Crippen LogP contribution in [0.2, 0.25) is 8.67 Å². The highest BCUT2D eigenvalue weighted by Crippen LogP contribution is 2.35. The molecule has 1 atom stereocenters. The molecule has 16 heavy (non-hydrogen) atoms. The molecule has 1 saturated heterocycles. The van der Waals surface area contributed by atoms with Crippen LogP contribution in [0.4, 0.5) is 0 Å². The Kier molecular flexibility index (Phi) is 4.86. The molecule has 1 aromatic rings. The van der Waals surface area contributed by atoms with Crippen molar-refractivity contribution < 1.29 is 0 Å². The number of hydrogen-bond acceptors (Lipinski definition) is 3.